The lowest BCUT2D eigenvalue weighted by Gasteiger charge is -2.35. The molecule has 5 rings (SSSR count). The molecule has 1 aromatic heterocycles. The summed E-state index contributed by atoms with van der Waals surface area (Å²) in [6, 6.07) is 20.9. The van der Waals surface area contributed by atoms with E-state index in [1.807, 2.05) is 30.3 Å². The van der Waals surface area contributed by atoms with Gasteiger partial charge in [-0.05, 0) is 60.4 Å². The molecule has 0 spiro atoms. The summed E-state index contributed by atoms with van der Waals surface area (Å²) in [4.78, 5) is 44.4. The monoisotopic (exact) mass is 554 g/mol. The van der Waals surface area contributed by atoms with E-state index >= 15 is 0 Å². The van der Waals surface area contributed by atoms with Crippen molar-refractivity contribution in [3.63, 3.8) is 0 Å². The van der Waals surface area contributed by atoms with Crippen LogP contribution in [0.4, 0.5) is 5.69 Å². The number of rotatable bonds is 6. The minimum absolute atomic E-state index is 0.0812. The second-order valence-corrected chi connectivity index (χ2v) is 11.7. The molecule has 1 heterocycles. The number of para-hydroxylation sites is 1. The average Bonchev–Trinajstić information content (AvgIpc) is 2.94. The van der Waals surface area contributed by atoms with E-state index in [9.17, 15) is 14.4 Å². The molecule has 0 saturated heterocycles. The molecule has 3 aromatic carbocycles. The van der Waals surface area contributed by atoms with Crippen molar-refractivity contribution in [1.82, 2.24) is 4.98 Å². The van der Waals surface area contributed by atoms with Gasteiger partial charge in [-0.1, -0.05) is 80.9 Å². The molecule has 1 aliphatic carbocycles. The van der Waals surface area contributed by atoms with E-state index in [4.69, 9.17) is 21.3 Å². The minimum atomic E-state index is -0.559. The first-order chi connectivity index (χ1) is 19.1. The molecule has 0 saturated carbocycles. The first-order valence-corrected chi connectivity index (χ1v) is 13.8. The van der Waals surface area contributed by atoms with Crippen LogP contribution >= 0.6 is 11.6 Å². The van der Waals surface area contributed by atoms with Crippen LogP contribution < -0.4 is 5.32 Å². The van der Waals surface area contributed by atoms with Crippen molar-refractivity contribution < 1.29 is 19.1 Å². The number of aryl methyl sites for hydroxylation is 1. The summed E-state index contributed by atoms with van der Waals surface area (Å²) in [7, 11) is 0. The number of ketones is 1. The number of esters is 1. The van der Waals surface area contributed by atoms with Gasteiger partial charge in [0.05, 0.1) is 16.8 Å². The molecule has 0 radical (unpaired) electrons. The van der Waals surface area contributed by atoms with Crippen LogP contribution in [-0.2, 0) is 22.4 Å². The number of benzene rings is 3. The Morgan fingerprint density at radius 3 is 2.48 bits per heavy atom. The van der Waals surface area contributed by atoms with Gasteiger partial charge < -0.3 is 10.1 Å². The lowest BCUT2D eigenvalue weighted by atomic mass is 9.70. The first kappa shape index (κ1) is 27.5. The minimum Gasteiger partial charge on any atom is -0.452 e. The molecule has 0 bridgehead atoms. The SMILES string of the molecule is CC(C)(C)[C@H]1CCc2nc3ccccc3c(C(=O)OCC(=O)Nc3ccc(Cl)cc3C(=O)c3ccccc3)c2C1. The third kappa shape index (κ3) is 5.77. The fourth-order valence-corrected chi connectivity index (χ4v) is 5.48. The van der Waals surface area contributed by atoms with Crippen molar-refractivity contribution in [2.45, 2.75) is 40.0 Å². The quantitative estimate of drug-likeness (QED) is 0.203. The van der Waals surface area contributed by atoms with Crippen LogP contribution in [0.5, 0.6) is 0 Å². The smallest absolute Gasteiger partial charge is 0.339 e. The molecule has 204 valence electrons. The van der Waals surface area contributed by atoms with Gasteiger partial charge in [0.1, 0.15) is 0 Å². The van der Waals surface area contributed by atoms with Gasteiger partial charge in [0.25, 0.3) is 5.91 Å². The van der Waals surface area contributed by atoms with E-state index in [1.54, 1.807) is 36.4 Å². The molecule has 0 unspecified atom stereocenters. The van der Waals surface area contributed by atoms with Crippen LogP contribution in [0.3, 0.4) is 0 Å². The lowest BCUT2D eigenvalue weighted by Crippen LogP contribution is -2.29. The van der Waals surface area contributed by atoms with Crippen LogP contribution in [0.15, 0.2) is 72.8 Å². The summed E-state index contributed by atoms with van der Waals surface area (Å²) in [5, 5.41) is 3.80. The Hall–Kier alpha value is -4.03. The van der Waals surface area contributed by atoms with Gasteiger partial charge in [-0.25, -0.2) is 4.79 Å². The highest BCUT2D eigenvalue weighted by Gasteiger charge is 2.33. The molecular formula is C33H31ClN2O4. The summed E-state index contributed by atoms with van der Waals surface area (Å²) in [6.07, 6.45) is 2.52. The number of amides is 1. The summed E-state index contributed by atoms with van der Waals surface area (Å²) in [6.45, 7) is 6.14. The molecule has 1 N–H and O–H groups in total. The van der Waals surface area contributed by atoms with E-state index in [0.29, 0.717) is 27.8 Å². The Balaban J connectivity index is 1.37. The van der Waals surface area contributed by atoms with Crippen LogP contribution in [0, 0.1) is 11.3 Å². The van der Waals surface area contributed by atoms with Gasteiger partial charge in [-0.2, -0.15) is 0 Å². The number of hydrogen-bond donors (Lipinski definition) is 1. The number of aromatic nitrogens is 1. The summed E-state index contributed by atoms with van der Waals surface area (Å²) >= 11 is 6.16. The van der Waals surface area contributed by atoms with E-state index < -0.39 is 18.5 Å². The third-order valence-corrected chi connectivity index (χ3v) is 7.79. The predicted molar refractivity (Wildman–Crippen MR) is 157 cm³/mol. The van der Waals surface area contributed by atoms with Crippen LogP contribution in [0.25, 0.3) is 10.9 Å². The first-order valence-electron chi connectivity index (χ1n) is 13.4. The van der Waals surface area contributed by atoms with Crippen molar-refractivity contribution >= 4 is 45.9 Å². The lowest BCUT2D eigenvalue weighted by molar-refractivity contribution is -0.119. The highest BCUT2D eigenvalue weighted by atomic mass is 35.5. The highest BCUT2D eigenvalue weighted by molar-refractivity contribution is 6.31. The molecule has 1 atom stereocenters. The highest BCUT2D eigenvalue weighted by Crippen LogP contribution is 2.39. The third-order valence-electron chi connectivity index (χ3n) is 7.56. The maximum Gasteiger partial charge on any atom is 0.339 e. The summed E-state index contributed by atoms with van der Waals surface area (Å²) < 4.78 is 5.58. The molecule has 4 aromatic rings. The average molecular weight is 555 g/mol. The molecular weight excluding hydrogens is 524 g/mol. The Morgan fingerprint density at radius 2 is 1.73 bits per heavy atom. The topological polar surface area (TPSA) is 85.4 Å². The second kappa shape index (κ2) is 11.2. The molecule has 0 fully saturated rings. The molecule has 1 aliphatic rings. The number of hydrogen-bond acceptors (Lipinski definition) is 5. The number of fused-ring (bicyclic) bond motifs is 2. The van der Waals surface area contributed by atoms with Crippen molar-refractivity contribution in [1.29, 1.82) is 0 Å². The van der Waals surface area contributed by atoms with Crippen LogP contribution in [0.1, 0.15) is 64.7 Å². The van der Waals surface area contributed by atoms with E-state index in [0.717, 1.165) is 41.4 Å². The van der Waals surface area contributed by atoms with Gasteiger partial charge in [-0.15, -0.1) is 0 Å². The number of anilines is 1. The van der Waals surface area contributed by atoms with Gasteiger partial charge in [0.15, 0.2) is 12.4 Å². The van der Waals surface area contributed by atoms with Crippen LogP contribution in [0.2, 0.25) is 5.02 Å². The van der Waals surface area contributed by atoms with E-state index in [1.165, 1.54) is 6.07 Å². The predicted octanol–water partition coefficient (Wildman–Crippen LogP) is 7.07. The molecule has 7 heteroatoms. The Bertz CT molecular complexity index is 1610. The zero-order valence-corrected chi connectivity index (χ0v) is 23.5. The molecule has 0 aliphatic heterocycles. The Labute approximate surface area is 238 Å². The van der Waals surface area contributed by atoms with E-state index in [2.05, 4.69) is 26.1 Å². The van der Waals surface area contributed by atoms with Crippen LogP contribution in [-0.4, -0.2) is 29.3 Å². The Morgan fingerprint density at radius 1 is 1.00 bits per heavy atom. The Kier molecular flexibility index (Phi) is 7.72. The van der Waals surface area contributed by atoms with Gasteiger partial charge in [0.2, 0.25) is 0 Å². The van der Waals surface area contributed by atoms with E-state index in [-0.39, 0.29) is 16.8 Å². The van der Waals surface area contributed by atoms with Crippen molar-refractivity contribution in [2.75, 3.05) is 11.9 Å². The number of carbonyl (C=O) groups excluding carboxylic acids is 3. The number of nitrogens with zero attached hydrogens (tertiary/aromatic N) is 1. The number of carbonyl (C=O) groups is 3. The van der Waals surface area contributed by atoms with Gasteiger partial charge >= 0.3 is 5.97 Å². The number of pyridine rings is 1. The fourth-order valence-electron chi connectivity index (χ4n) is 5.31. The standard InChI is InChI=1S/C33H31ClN2O4/c1-33(2,3)21-13-15-27-24(17-21)30(23-11-7-8-12-26(23)35-27)32(39)40-19-29(37)36-28-16-14-22(34)18-25(28)31(38)20-9-5-4-6-10-20/h4-12,14,16,18,21H,13,15,17,19H2,1-3H3,(H,36,37)/t21-/m0/s1. The number of nitrogens with one attached hydrogen (secondary N) is 1. The number of halogens is 1. The maximum atomic E-state index is 13.5. The zero-order valence-electron chi connectivity index (χ0n) is 22.8. The normalized spacial score (nSPS) is 14.8. The van der Waals surface area contributed by atoms with Crippen molar-refractivity contribution in [3.05, 3.63) is 106 Å². The van der Waals surface area contributed by atoms with Crippen molar-refractivity contribution in [2.24, 2.45) is 11.3 Å². The second-order valence-electron chi connectivity index (χ2n) is 11.2. The molecule has 1 amide bonds. The van der Waals surface area contributed by atoms with Gasteiger partial charge in [0, 0.05) is 27.2 Å². The summed E-state index contributed by atoms with van der Waals surface area (Å²) in [5.74, 6) is -1.00. The molecule has 6 nitrogen and oxygen atoms in total. The fraction of sp³-hybridized carbons (Fsp3) is 0.273. The van der Waals surface area contributed by atoms with Crippen molar-refractivity contribution in [3.8, 4) is 0 Å². The summed E-state index contributed by atoms with van der Waals surface area (Å²) in [5.41, 5.74) is 4.13. The van der Waals surface area contributed by atoms with Gasteiger partial charge in [-0.3, -0.25) is 14.6 Å². The number of ether oxygens (including phenoxy) is 1. The molecule has 40 heavy (non-hydrogen) atoms. The maximum absolute atomic E-state index is 13.5. The zero-order chi connectivity index (χ0) is 28.4. The largest absolute Gasteiger partial charge is 0.452 e.